The van der Waals surface area contributed by atoms with Gasteiger partial charge in [0.1, 0.15) is 183 Å². The van der Waals surface area contributed by atoms with Crippen LogP contribution in [0.5, 0.6) is 0 Å². The summed E-state index contributed by atoms with van der Waals surface area (Å²) < 4.78 is 249. The SMILES string of the molecule is COC[C@@H]1O[C@@H]2O[C@H]3[C@H](OC)[C@@H](OC)[C@@H](O[C@H]4[C@H](OC)[C@@H](OC)[C@@H](O[C@H]5[C@H](OC)[C@H](OC)[C@@H](O[C@H]6[C@H](OC)[C@H](OC)[C@@H](O[C@H]7[C@@H](OC)[C@@H](OC)[C@@H](O[C@H]8[C@H](OC)[C@@H](OC)[C@@H](O[C@H]9[C@H](OC)[C@@H](OC)[C@@H](O[C@H]1[C@H](OC)[C@H]2OC)O[C@H]9COC)O[C@H]8CI)O[C@@H]7CI)O[C@@H]6COC)O[C@@H]5COC)O[C@@H]4COC)O[C@H]3COC. The molecule has 0 amide bonds. The molecule has 0 N–H and O–H groups in total. The van der Waals surface area contributed by atoms with Crippen molar-refractivity contribution in [1.29, 1.82) is 0 Å². The quantitative estimate of drug-likeness (QED) is 0.0668. The van der Waals surface area contributed by atoms with Crippen LogP contribution >= 0.6 is 45.2 Å². The Bertz CT molecular complexity index is 2540. The molecule has 0 spiro atoms. The molecule has 38 nitrogen and oxygen atoms in total. The van der Waals surface area contributed by atoms with E-state index in [-0.39, 0.29) is 39.6 Å². The van der Waals surface area contributed by atoms with Crippen LogP contribution in [0.15, 0.2) is 0 Å². The van der Waals surface area contributed by atoms with Gasteiger partial charge >= 0.3 is 0 Å². The Labute approximate surface area is 672 Å². The zero-order valence-electron chi connectivity index (χ0n) is 67.0. The minimum atomic E-state index is -1.24. The van der Waals surface area contributed by atoms with Gasteiger partial charge in [0, 0.05) is 165 Å². The molecule has 110 heavy (non-hydrogen) atoms. The van der Waals surface area contributed by atoms with Crippen molar-refractivity contribution < 1.29 is 180 Å². The Morgan fingerprint density at radius 3 is 0.364 bits per heavy atom. The molecule has 40 heteroatoms. The average Bonchev–Trinajstić information content (AvgIpc) is 0.765. The minimum absolute atomic E-state index is 0.0285. The van der Waals surface area contributed by atoms with E-state index in [1.165, 1.54) is 142 Å². The molecule has 0 saturated carbocycles. The molecule has 0 aliphatic carbocycles. The van der Waals surface area contributed by atoms with E-state index in [9.17, 15) is 0 Å². The highest BCUT2D eigenvalue weighted by molar-refractivity contribution is 14.1. The summed E-state index contributed by atoms with van der Waals surface area (Å²) in [5.41, 5.74) is 0. The van der Waals surface area contributed by atoms with Crippen LogP contribution in [0.4, 0.5) is 0 Å². The average molecular weight is 1830 g/mol. The third-order valence-electron chi connectivity index (χ3n) is 21.7. The van der Waals surface area contributed by atoms with E-state index in [0.717, 1.165) is 0 Å². The maximum Gasteiger partial charge on any atom is 0.187 e. The van der Waals surface area contributed by atoms with Crippen LogP contribution < -0.4 is 0 Å². The predicted molar refractivity (Wildman–Crippen MR) is 390 cm³/mol. The summed E-state index contributed by atoms with van der Waals surface area (Å²) in [6.45, 7) is -0.251. The van der Waals surface area contributed by atoms with Crippen LogP contribution in [0.2, 0.25) is 0 Å². The molecule has 0 unspecified atom stereocenters. The summed E-state index contributed by atoms with van der Waals surface area (Å²) in [5, 5.41) is 0. The van der Waals surface area contributed by atoms with E-state index in [0.29, 0.717) is 8.86 Å². The molecule has 30 aliphatic heterocycles. The number of alkyl halides is 2. The lowest BCUT2D eigenvalue weighted by atomic mass is 9.94. The summed E-state index contributed by atoms with van der Waals surface area (Å²) >= 11 is 4.46. The Balaban J connectivity index is 1.12. The highest BCUT2D eigenvalue weighted by atomic mass is 127. The molecule has 30 aliphatic rings. The van der Waals surface area contributed by atoms with Crippen LogP contribution in [0.25, 0.3) is 0 Å². The van der Waals surface area contributed by atoms with E-state index in [2.05, 4.69) is 45.2 Å². The lowest BCUT2D eigenvalue weighted by molar-refractivity contribution is -0.408. The van der Waals surface area contributed by atoms with Gasteiger partial charge in [-0.25, -0.2) is 0 Å². The lowest BCUT2D eigenvalue weighted by Crippen LogP contribution is -2.70. The molecular formula is C70H122I2O38. The van der Waals surface area contributed by atoms with Gasteiger partial charge in [0.25, 0.3) is 0 Å². The molecular weight excluding hydrogens is 1700 g/mol. The predicted octanol–water partition coefficient (Wildman–Crippen LogP) is -0.131. The summed E-state index contributed by atoms with van der Waals surface area (Å²) in [6.07, 6.45) is -40.2. The third kappa shape index (κ3) is 20.4. The van der Waals surface area contributed by atoms with Crippen molar-refractivity contribution in [3.63, 3.8) is 0 Å². The van der Waals surface area contributed by atoms with Gasteiger partial charge in [-0.1, -0.05) is 45.2 Å². The van der Waals surface area contributed by atoms with E-state index < -0.39 is 246 Å². The normalized spacial score (nSPS) is 46.7. The van der Waals surface area contributed by atoms with Gasteiger partial charge in [0.15, 0.2) is 50.3 Å². The number of rotatable bonds is 30. The fourth-order valence-electron chi connectivity index (χ4n) is 16.6. The topological polar surface area (TPSA) is 351 Å². The van der Waals surface area contributed by atoms with E-state index in [1.54, 1.807) is 14.2 Å². The van der Waals surface area contributed by atoms with Crippen LogP contribution in [-0.4, -0.2) is 451 Å². The molecule has 0 aromatic carbocycles. The molecule has 40 atom stereocenters. The number of halogens is 2. The van der Waals surface area contributed by atoms with Crippen LogP contribution in [0, 0.1) is 0 Å². The van der Waals surface area contributed by atoms with Gasteiger partial charge in [-0.15, -0.1) is 0 Å². The molecule has 16 bridgehead atoms. The second-order valence-electron chi connectivity index (χ2n) is 27.4. The van der Waals surface area contributed by atoms with Crippen LogP contribution in [-0.2, 0) is 180 Å². The molecule has 30 heterocycles. The maximum atomic E-state index is 7.09. The van der Waals surface area contributed by atoms with Gasteiger partial charge in [0.2, 0.25) is 0 Å². The number of hydrogen-bond donors (Lipinski definition) is 0. The summed E-state index contributed by atoms with van der Waals surface area (Å²) in [7, 11) is 33.4. The first-order valence-electron chi connectivity index (χ1n) is 36.5. The van der Waals surface area contributed by atoms with Crippen molar-refractivity contribution in [3.8, 4) is 0 Å². The van der Waals surface area contributed by atoms with Gasteiger partial charge in [-0.3, -0.25) is 0 Å². The first-order chi connectivity index (χ1) is 53.5. The minimum Gasteiger partial charge on any atom is -0.382 e. The second-order valence-corrected chi connectivity index (χ2v) is 29.2. The number of hydrogen-bond acceptors (Lipinski definition) is 38. The standard InChI is InChI=1S/C70H122I2O38/c1-73-25-33-41-49(81-9)58(90-18)66(98-33)107-43-35(27-75-3)100-68(60(92-20)51(43)83-11)109-45-37(29-77-5)102-70(62(94-22)53(45)85-13)110-46-38(30-78-6)101-69(61(93-21)54(46)86-14)108-44-36(28-76-4)99-67(59(91-19)52(44)84-12)106-42-34(26-74-2)97-65(57(89-17)50(42)82-10)104-40-32(24-72)95-63(55(87-15)48(40)80-8)103-39-31(23-71)96-64(105-41)56(88-16)47(39)79-7/h31-70H,23-30H2,1-22H3/t31-,32+,33-,34+,35-,36+,37-,38+,39+,40+,41+,42+,43+,44+,45+,46+,47-,48+,49-,50-,51-,52-,53-,54-,55+,56+,57-,58+,59-,60+,61+,62+,63+,64+,65+,66+,67+,68+,69+,70+/m0/s1. The lowest BCUT2D eigenvalue weighted by Gasteiger charge is -2.53. The van der Waals surface area contributed by atoms with Gasteiger partial charge in [-0.05, 0) is 0 Å². The monoisotopic (exact) mass is 1820 g/mol. The van der Waals surface area contributed by atoms with Gasteiger partial charge in [0.05, 0.1) is 51.8 Å². The maximum absolute atomic E-state index is 7.09. The largest absolute Gasteiger partial charge is 0.382 e. The zero-order valence-corrected chi connectivity index (χ0v) is 71.3. The van der Waals surface area contributed by atoms with Crippen molar-refractivity contribution in [2.45, 2.75) is 246 Å². The fraction of sp³-hybridized carbons (Fsp3) is 1.00. The molecule has 0 aromatic rings. The Morgan fingerprint density at radius 2 is 0.264 bits per heavy atom. The molecule has 644 valence electrons. The highest BCUT2D eigenvalue weighted by Gasteiger charge is 2.63. The van der Waals surface area contributed by atoms with E-state index >= 15 is 0 Å². The van der Waals surface area contributed by atoms with Gasteiger partial charge < -0.3 is 180 Å². The van der Waals surface area contributed by atoms with Crippen molar-refractivity contribution >= 4 is 45.2 Å². The smallest absolute Gasteiger partial charge is 0.187 e. The van der Waals surface area contributed by atoms with E-state index in [4.69, 9.17) is 180 Å². The zero-order chi connectivity index (χ0) is 79.6. The number of methoxy groups -OCH3 is 22. The molecule has 30 fully saturated rings. The molecule has 0 aromatic heterocycles. The summed E-state index contributed by atoms with van der Waals surface area (Å²) in [4.78, 5) is 0. The number of ether oxygens (including phenoxy) is 38. The van der Waals surface area contributed by atoms with Crippen molar-refractivity contribution in [2.75, 3.05) is 205 Å². The first kappa shape index (κ1) is 93.8. The first-order valence-corrected chi connectivity index (χ1v) is 39.5. The second kappa shape index (κ2) is 46.1. The summed E-state index contributed by atoms with van der Waals surface area (Å²) in [6, 6.07) is 0. The van der Waals surface area contributed by atoms with Crippen LogP contribution in [0.1, 0.15) is 0 Å². The summed E-state index contributed by atoms with van der Waals surface area (Å²) in [5.74, 6) is 0. The van der Waals surface area contributed by atoms with Gasteiger partial charge in [-0.2, -0.15) is 0 Å². The Hall–Kier alpha value is -0.0600. The van der Waals surface area contributed by atoms with Crippen molar-refractivity contribution in [3.05, 3.63) is 0 Å². The third-order valence-corrected chi connectivity index (χ3v) is 23.4. The Kier molecular flexibility index (Phi) is 39.3. The molecule has 30 saturated heterocycles. The van der Waals surface area contributed by atoms with Crippen molar-refractivity contribution in [1.82, 2.24) is 0 Å². The highest BCUT2D eigenvalue weighted by Crippen LogP contribution is 2.44. The molecule has 30 rings (SSSR count). The Morgan fingerprint density at radius 1 is 0.155 bits per heavy atom. The van der Waals surface area contributed by atoms with Crippen LogP contribution in [0.3, 0.4) is 0 Å². The van der Waals surface area contributed by atoms with Crippen molar-refractivity contribution in [2.24, 2.45) is 0 Å². The van der Waals surface area contributed by atoms with E-state index in [1.807, 2.05) is 0 Å². The molecule has 0 radical (unpaired) electrons. The fourth-order valence-corrected chi connectivity index (χ4v) is 18.0.